The third kappa shape index (κ3) is 9.23. The average Bonchev–Trinajstić information content (AvgIpc) is 3.05. The first-order valence-corrected chi connectivity index (χ1v) is 17.2. The van der Waals surface area contributed by atoms with E-state index in [1.165, 1.54) is 9.21 Å². The van der Waals surface area contributed by atoms with Crippen LogP contribution < -0.4 is 14.4 Å². The predicted molar refractivity (Wildman–Crippen MR) is 187 cm³/mol. The summed E-state index contributed by atoms with van der Waals surface area (Å²) in [4.78, 5) is 30.2. The van der Waals surface area contributed by atoms with Crippen LogP contribution in [0.15, 0.2) is 102 Å². The maximum atomic E-state index is 14.7. The van der Waals surface area contributed by atoms with Crippen molar-refractivity contribution in [1.82, 2.24) is 10.2 Å². The van der Waals surface area contributed by atoms with Crippen LogP contribution in [0.3, 0.4) is 0 Å². The summed E-state index contributed by atoms with van der Waals surface area (Å²) >= 11 is 0. The molecule has 8 nitrogen and oxygen atoms in total. The van der Waals surface area contributed by atoms with E-state index >= 15 is 0 Å². The number of nitrogens with one attached hydrogen (secondary N) is 1. The summed E-state index contributed by atoms with van der Waals surface area (Å²) < 4.78 is 35.3. The molecule has 4 aromatic carbocycles. The largest absolute Gasteiger partial charge is 0.497 e. The lowest BCUT2D eigenvalue weighted by Crippen LogP contribution is -2.53. The first-order chi connectivity index (χ1) is 22.4. The molecule has 0 saturated heterocycles. The van der Waals surface area contributed by atoms with Gasteiger partial charge < -0.3 is 15.0 Å². The van der Waals surface area contributed by atoms with Crippen molar-refractivity contribution in [2.75, 3.05) is 24.5 Å². The second kappa shape index (κ2) is 15.8. The highest BCUT2D eigenvalue weighted by Crippen LogP contribution is 2.29. The second-order valence-electron chi connectivity index (χ2n) is 12.3. The van der Waals surface area contributed by atoms with Crippen molar-refractivity contribution < 1.29 is 22.7 Å². The fraction of sp³-hybridized carbons (Fsp3) is 0.316. The van der Waals surface area contributed by atoms with Crippen LogP contribution >= 0.6 is 0 Å². The molecule has 0 saturated carbocycles. The van der Waals surface area contributed by atoms with E-state index in [1.807, 2.05) is 101 Å². The predicted octanol–water partition coefficient (Wildman–Crippen LogP) is 6.23. The number of aryl methyl sites for hydroxylation is 3. The molecule has 2 amide bonds. The van der Waals surface area contributed by atoms with Gasteiger partial charge in [-0.2, -0.15) is 0 Å². The summed E-state index contributed by atoms with van der Waals surface area (Å²) in [5, 5.41) is 3.02. The Morgan fingerprint density at radius 3 is 2.13 bits per heavy atom. The fourth-order valence-corrected chi connectivity index (χ4v) is 6.75. The summed E-state index contributed by atoms with van der Waals surface area (Å²) in [6, 6.07) is 28.0. The molecule has 248 valence electrons. The van der Waals surface area contributed by atoms with Gasteiger partial charge in [0.1, 0.15) is 18.3 Å². The molecule has 0 aliphatic rings. The molecule has 4 rings (SSSR count). The van der Waals surface area contributed by atoms with E-state index in [4.69, 9.17) is 4.74 Å². The summed E-state index contributed by atoms with van der Waals surface area (Å²) in [5.74, 6) is -0.0143. The van der Waals surface area contributed by atoms with Crippen molar-refractivity contribution in [3.63, 3.8) is 0 Å². The van der Waals surface area contributed by atoms with E-state index in [0.29, 0.717) is 23.5 Å². The maximum absolute atomic E-state index is 14.7. The third-order valence-electron chi connectivity index (χ3n) is 7.96. The van der Waals surface area contributed by atoms with Gasteiger partial charge in [0.15, 0.2) is 0 Å². The first-order valence-electron chi connectivity index (χ1n) is 15.8. The molecule has 0 spiro atoms. The number of sulfonamides is 1. The molecule has 4 aromatic rings. The molecule has 0 heterocycles. The van der Waals surface area contributed by atoms with Crippen LogP contribution in [0.5, 0.6) is 5.75 Å². The zero-order valence-corrected chi connectivity index (χ0v) is 28.9. The highest BCUT2D eigenvalue weighted by Gasteiger charge is 2.35. The molecule has 0 radical (unpaired) electrons. The van der Waals surface area contributed by atoms with Crippen LogP contribution in [0.2, 0.25) is 0 Å². The fourth-order valence-electron chi connectivity index (χ4n) is 5.28. The molecule has 0 aliphatic carbocycles. The summed E-state index contributed by atoms with van der Waals surface area (Å²) in [6.45, 7) is 9.58. The Morgan fingerprint density at radius 1 is 0.809 bits per heavy atom. The van der Waals surface area contributed by atoms with Gasteiger partial charge in [-0.25, -0.2) is 8.42 Å². The van der Waals surface area contributed by atoms with Crippen molar-refractivity contribution in [3.8, 4) is 5.75 Å². The highest BCUT2D eigenvalue weighted by molar-refractivity contribution is 7.92. The molecular weight excluding hydrogens is 611 g/mol. The minimum atomic E-state index is -4.18. The van der Waals surface area contributed by atoms with E-state index in [9.17, 15) is 18.0 Å². The number of hydrogen-bond acceptors (Lipinski definition) is 5. The van der Waals surface area contributed by atoms with Gasteiger partial charge >= 0.3 is 0 Å². The van der Waals surface area contributed by atoms with E-state index in [-0.39, 0.29) is 29.7 Å². The van der Waals surface area contributed by atoms with Gasteiger partial charge in [-0.15, -0.1) is 0 Å². The molecule has 0 aromatic heterocycles. The molecule has 1 atom stereocenters. The molecule has 0 bridgehead atoms. The SMILES string of the molecule is COc1cccc(CN(C(=O)CN(c2cc(C)ccc2C)S(=O)(=O)c2ccc(C)cc2)[C@H](Cc2ccccc2)C(=O)NCC(C)C)c1. The number of ether oxygens (including phenoxy) is 1. The number of rotatable bonds is 14. The quantitative estimate of drug-likeness (QED) is 0.174. The molecule has 0 aliphatic heterocycles. The first kappa shape index (κ1) is 35.2. The van der Waals surface area contributed by atoms with Crippen LogP contribution in [0, 0.1) is 26.7 Å². The van der Waals surface area contributed by atoms with Gasteiger partial charge in [0.25, 0.3) is 10.0 Å². The Hall–Kier alpha value is -4.63. The van der Waals surface area contributed by atoms with Crippen molar-refractivity contribution in [1.29, 1.82) is 0 Å². The van der Waals surface area contributed by atoms with Crippen molar-refractivity contribution in [3.05, 3.63) is 125 Å². The van der Waals surface area contributed by atoms with Crippen LogP contribution in [0.1, 0.15) is 41.7 Å². The minimum Gasteiger partial charge on any atom is -0.497 e. The van der Waals surface area contributed by atoms with Gasteiger partial charge in [-0.1, -0.05) is 86.1 Å². The summed E-state index contributed by atoms with van der Waals surface area (Å²) in [6.07, 6.45) is 0.245. The highest BCUT2D eigenvalue weighted by atomic mass is 32.2. The molecule has 1 N–H and O–H groups in total. The minimum absolute atomic E-state index is 0.0633. The topological polar surface area (TPSA) is 96.0 Å². The molecule has 47 heavy (non-hydrogen) atoms. The molecular formula is C38H45N3O5S. The average molecular weight is 656 g/mol. The number of methoxy groups -OCH3 is 1. The monoisotopic (exact) mass is 655 g/mol. The third-order valence-corrected chi connectivity index (χ3v) is 9.74. The lowest BCUT2D eigenvalue weighted by molar-refractivity contribution is -0.140. The van der Waals surface area contributed by atoms with Gasteiger partial charge in [-0.3, -0.25) is 13.9 Å². The van der Waals surface area contributed by atoms with Gasteiger partial charge in [-0.05, 0) is 79.3 Å². The van der Waals surface area contributed by atoms with Crippen LogP contribution in [-0.4, -0.2) is 51.4 Å². The normalized spacial score (nSPS) is 12.0. The second-order valence-corrected chi connectivity index (χ2v) is 14.2. The number of amides is 2. The lowest BCUT2D eigenvalue weighted by atomic mass is 10.0. The van der Waals surface area contributed by atoms with Crippen molar-refractivity contribution >= 4 is 27.5 Å². The zero-order chi connectivity index (χ0) is 34.1. The number of hydrogen-bond donors (Lipinski definition) is 1. The molecule has 0 fully saturated rings. The Balaban J connectivity index is 1.84. The Bertz CT molecular complexity index is 1770. The van der Waals surface area contributed by atoms with Crippen LogP contribution in [0.25, 0.3) is 0 Å². The van der Waals surface area contributed by atoms with E-state index in [1.54, 1.807) is 37.4 Å². The van der Waals surface area contributed by atoms with Crippen LogP contribution in [0.4, 0.5) is 5.69 Å². The molecule has 0 unspecified atom stereocenters. The standard InChI is InChI=1S/C38H45N3O5S/c1-27(2)24-39-38(43)36(23-31-11-8-7-9-12-31)40(25-32-13-10-14-33(22-32)46-6)37(42)26-41(35-21-29(4)15-18-30(35)5)47(44,45)34-19-16-28(3)17-20-34/h7-22,27,36H,23-26H2,1-6H3,(H,39,43)/t36-/m1/s1. The molecule has 9 heteroatoms. The van der Waals surface area contributed by atoms with E-state index < -0.39 is 28.5 Å². The maximum Gasteiger partial charge on any atom is 0.264 e. The van der Waals surface area contributed by atoms with Crippen molar-refractivity contribution in [2.24, 2.45) is 5.92 Å². The number of carbonyl (C=O) groups is 2. The van der Waals surface area contributed by atoms with E-state index in [0.717, 1.165) is 22.3 Å². The summed E-state index contributed by atoms with van der Waals surface area (Å²) in [5.41, 5.74) is 4.49. The lowest BCUT2D eigenvalue weighted by Gasteiger charge is -2.34. The Morgan fingerprint density at radius 2 is 1.47 bits per heavy atom. The zero-order valence-electron chi connectivity index (χ0n) is 28.1. The van der Waals surface area contributed by atoms with Crippen molar-refractivity contribution in [2.45, 2.75) is 58.5 Å². The summed E-state index contributed by atoms with van der Waals surface area (Å²) in [7, 11) is -2.62. The number of benzene rings is 4. The van der Waals surface area contributed by atoms with Gasteiger partial charge in [0.05, 0.1) is 17.7 Å². The Kier molecular flexibility index (Phi) is 11.8. The van der Waals surface area contributed by atoms with Gasteiger partial charge in [0.2, 0.25) is 11.8 Å². The van der Waals surface area contributed by atoms with Crippen LogP contribution in [-0.2, 0) is 32.6 Å². The number of nitrogens with zero attached hydrogens (tertiary/aromatic N) is 2. The number of carbonyl (C=O) groups excluding carboxylic acids is 2. The van der Waals surface area contributed by atoms with Gasteiger partial charge in [0, 0.05) is 19.5 Å². The Labute approximate surface area is 279 Å². The van der Waals surface area contributed by atoms with E-state index in [2.05, 4.69) is 5.32 Å². The smallest absolute Gasteiger partial charge is 0.264 e. The number of anilines is 1.